The van der Waals surface area contributed by atoms with E-state index in [2.05, 4.69) is 10.3 Å². The minimum Gasteiger partial charge on any atom is -0.324 e. The van der Waals surface area contributed by atoms with Crippen LogP contribution >= 0.6 is 0 Å². The van der Waals surface area contributed by atoms with Crippen LogP contribution < -0.4 is 5.43 Å². The molecule has 0 bridgehead atoms. The van der Waals surface area contributed by atoms with Crippen LogP contribution in [-0.2, 0) is 0 Å². The van der Waals surface area contributed by atoms with Gasteiger partial charge in [-0.05, 0) is 26.2 Å². The molecule has 1 aromatic carbocycles. The third kappa shape index (κ3) is 3.45. The number of carbonyl (C=O) groups excluding carboxylic acids is 1. The van der Waals surface area contributed by atoms with Crippen LogP contribution in [-0.4, -0.2) is 42.5 Å². The number of rotatable bonds is 6. The number of nitrogens with zero attached hydrogens (tertiary/aromatic N) is 2. The monoisotopic (exact) mass is 257 g/mol. The number of aromatic nitrogens is 1. The molecule has 0 spiro atoms. The van der Waals surface area contributed by atoms with Crippen molar-refractivity contribution in [2.45, 2.75) is 0 Å². The fraction of sp³-hybridized carbons (Fsp3) is 0.267. The zero-order chi connectivity index (χ0) is 13.7. The van der Waals surface area contributed by atoms with Crippen molar-refractivity contribution in [3.8, 4) is 0 Å². The third-order valence-electron chi connectivity index (χ3n) is 2.86. The molecule has 1 N–H and O–H groups in total. The lowest BCUT2D eigenvalue weighted by molar-refractivity contribution is 0.103. The Morgan fingerprint density at radius 1 is 1.16 bits per heavy atom. The number of nitrogens with one attached hydrogen (secondary N) is 1. The number of hydrogen-bond acceptors (Lipinski definition) is 3. The molecule has 100 valence electrons. The van der Waals surface area contributed by atoms with Gasteiger partial charge in [0.1, 0.15) is 5.69 Å². The Hall–Kier alpha value is -2.07. The maximum atomic E-state index is 12.4. The van der Waals surface area contributed by atoms with Crippen molar-refractivity contribution in [2.75, 3.05) is 32.6 Å². The molecule has 4 heteroatoms. The minimum absolute atomic E-state index is 0.0305. The summed E-state index contributed by atoms with van der Waals surface area (Å²) in [6, 6.07) is 13.0. The van der Waals surface area contributed by atoms with E-state index in [-0.39, 0.29) is 5.78 Å². The molecular formula is C15H19N3O. The fourth-order valence-corrected chi connectivity index (χ4v) is 1.84. The highest BCUT2D eigenvalue weighted by Crippen LogP contribution is 2.09. The van der Waals surface area contributed by atoms with E-state index in [1.807, 2.05) is 62.8 Å². The second-order valence-corrected chi connectivity index (χ2v) is 4.67. The van der Waals surface area contributed by atoms with Crippen LogP contribution in [0.25, 0.3) is 0 Å². The van der Waals surface area contributed by atoms with Gasteiger partial charge in [0.25, 0.3) is 0 Å². The molecule has 4 nitrogen and oxygen atoms in total. The lowest BCUT2D eigenvalue weighted by atomic mass is 10.1. The zero-order valence-corrected chi connectivity index (χ0v) is 11.3. The van der Waals surface area contributed by atoms with Crippen molar-refractivity contribution in [3.63, 3.8) is 0 Å². The van der Waals surface area contributed by atoms with E-state index in [1.54, 1.807) is 4.68 Å². The standard InChI is InChI=1S/C15H19N3O/c1-17(2)12-10-16-18-11-6-9-14(18)15(19)13-7-4-3-5-8-13/h3-9,11,16H,10,12H2,1-2H3. The van der Waals surface area contributed by atoms with Gasteiger partial charge in [0.15, 0.2) is 0 Å². The molecule has 0 aliphatic heterocycles. The molecule has 1 heterocycles. The molecule has 2 rings (SSSR count). The summed E-state index contributed by atoms with van der Waals surface area (Å²) in [5.74, 6) is 0.0305. The van der Waals surface area contributed by atoms with Crippen LogP contribution in [0, 0.1) is 0 Å². The average molecular weight is 257 g/mol. The smallest absolute Gasteiger partial charge is 0.211 e. The largest absolute Gasteiger partial charge is 0.324 e. The van der Waals surface area contributed by atoms with Crippen LogP contribution in [0.2, 0.25) is 0 Å². The number of likely N-dealkylation sites (N-methyl/N-ethyl adjacent to an activating group) is 1. The zero-order valence-electron chi connectivity index (χ0n) is 11.3. The van der Waals surface area contributed by atoms with Crippen molar-refractivity contribution in [3.05, 3.63) is 59.9 Å². The Bertz CT molecular complexity index is 531. The Labute approximate surface area is 113 Å². The average Bonchev–Trinajstić information content (AvgIpc) is 2.87. The van der Waals surface area contributed by atoms with Crippen molar-refractivity contribution in [1.29, 1.82) is 0 Å². The van der Waals surface area contributed by atoms with Crippen molar-refractivity contribution >= 4 is 5.78 Å². The van der Waals surface area contributed by atoms with E-state index in [1.165, 1.54) is 0 Å². The van der Waals surface area contributed by atoms with Crippen molar-refractivity contribution in [1.82, 2.24) is 9.58 Å². The molecule has 0 aliphatic rings. The molecule has 0 radical (unpaired) electrons. The summed E-state index contributed by atoms with van der Waals surface area (Å²) in [6.45, 7) is 1.70. The second kappa shape index (κ2) is 6.20. The first-order valence-electron chi connectivity index (χ1n) is 6.34. The van der Waals surface area contributed by atoms with Gasteiger partial charge in [-0.3, -0.25) is 9.47 Å². The highest BCUT2D eigenvalue weighted by atomic mass is 16.1. The maximum Gasteiger partial charge on any atom is 0.211 e. The van der Waals surface area contributed by atoms with Gasteiger partial charge in [-0.1, -0.05) is 30.3 Å². The molecule has 1 aromatic heterocycles. The summed E-state index contributed by atoms with van der Waals surface area (Å²) in [4.78, 5) is 14.4. The Morgan fingerprint density at radius 3 is 2.58 bits per heavy atom. The molecule has 0 saturated carbocycles. The number of ketones is 1. The molecule has 0 amide bonds. The van der Waals surface area contributed by atoms with Gasteiger partial charge in [-0.25, -0.2) is 0 Å². The molecular weight excluding hydrogens is 238 g/mol. The fourth-order valence-electron chi connectivity index (χ4n) is 1.84. The lowest BCUT2D eigenvalue weighted by Crippen LogP contribution is -2.27. The molecule has 0 saturated heterocycles. The Morgan fingerprint density at radius 2 is 1.89 bits per heavy atom. The van der Waals surface area contributed by atoms with Crippen LogP contribution in [0.1, 0.15) is 16.1 Å². The predicted octanol–water partition coefficient (Wildman–Crippen LogP) is 1.82. The van der Waals surface area contributed by atoms with E-state index in [0.29, 0.717) is 11.3 Å². The van der Waals surface area contributed by atoms with Crippen molar-refractivity contribution < 1.29 is 4.79 Å². The quantitative estimate of drug-likeness (QED) is 0.802. The van der Waals surface area contributed by atoms with E-state index in [4.69, 9.17) is 0 Å². The Kier molecular flexibility index (Phi) is 4.36. The number of benzene rings is 1. The normalized spacial score (nSPS) is 10.7. The first-order valence-corrected chi connectivity index (χ1v) is 6.34. The van der Waals surface area contributed by atoms with Gasteiger partial charge in [-0.15, -0.1) is 0 Å². The first kappa shape index (κ1) is 13.4. The third-order valence-corrected chi connectivity index (χ3v) is 2.86. The van der Waals surface area contributed by atoms with E-state index in [0.717, 1.165) is 13.1 Å². The molecule has 19 heavy (non-hydrogen) atoms. The lowest BCUT2D eigenvalue weighted by Gasteiger charge is -2.14. The van der Waals surface area contributed by atoms with Gasteiger partial charge >= 0.3 is 0 Å². The molecule has 0 unspecified atom stereocenters. The maximum absolute atomic E-state index is 12.4. The molecule has 0 fully saturated rings. The van der Waals surface area contributed by atoms with E-state index < -0.39 is 0 Å². The van der Waals surface area contributed by atoms with E-state index in [9.17, 15) is 4.79 Å². The highest BCUT2D eigenvalue weighted by Gasteiger charge is 2.12. The second-order valence-electron chi connectivity index (χ2n) is 4.67. The topological polar surface area (TPSA) is 37.3 Å². The minimum atomic E-state index is 0.0305. The summed E-state index contributed by atoms with van der Waals surface area (Å²) in [6.07, 6.45) is 1.87. The van der Waals surface area contributed by atoms with Crippen LogP contribution in [0.5, 0.6) is 0 Å². The van der Waals surface area contributed by atoms with Crippen LogP contribution in [0.4, 0.5) is 0 Å². The van der Waals surface area contributed by atoms with Crippen LogP contribution in [0.15, 0.2) is 48.7 Å². The summed E-state index contributed by atoms with van der Waals surface area (Å²) in [7, 11) is 4.04. The van der Waals surface area contributed by atoms with Crippen LogP contribution in [0.3, 0.4) is 0 Å². The van der Waals surface area contributed by atoms with Gasteiger partial charge in [0, 0.05) is 24.8 Å². The van der Waals surface area contributed by atoms with E-state index >= 15 is 0 Å². The van der Waals surface area contributed by atoms with Crippen molar-refractivity contribution in [2.24, 2.45) is 0 Å². The summed E-state index contributed by atoms with van der Waals surface area (Å²) in [5.41, 5.74) is 4.59. The SMILES string of the molecule is CN(C)CCNn1cccc1C(=O)c1ccccc1. The summed E-state index contributed by atoms with van der Waals surface area (Å²) >= 11 is 0. The number of carbonyl (C=O) groups is 1. The van der Waals surface area contributed by atoms with Gasteiger partial charge in [-0.2, -0.15) is 0 Å². The summed E-state index contributed by atoms with van der Waals surface area (Å²) in [5, 5.41) is 0. The Balaban J connectivity index is 2.09. The highest BCUT2D eigenvalue weighted by molar-refractivity contribution is 6.08. The molecule has 0 aliphatic carbocycles. The molecule has 0 atom stereocenters. The van der Waals surface area contributed by atoms with Gasteiger partial charge in [0.2, 0.25) is 5.78 Å². The van der Waals surface area contributed by atoms with Gasteiger partial charge < -0.3 is 10.3 Å². The summed E-state index contributed by atoms with van der Waals surface area (Å²) < 4.78 is 1.79. The number of hydrogen-bond donors (Lipinski definition) is 1. The molecule has 2 aromatic rings. The predicted molar refractivity (Wildman–Crippen MR) is 77.1 cm³/mol. The van der Waals surface area contributed by atoms with Gasteiger partial charge in [0.05, 0.1) is 0 Å². The first-order chi connectivity index (χ1) is 9.18.